The van der Waals surface area contributed by atoms with Crippen molar-refractivity contribution >= 4 is 5.97 Å². The van der Waals surface area contributed by atoms with E-state index in [4.69, 9.17) is 4.74 Å². The van der Waals surface area contributed by atoms with Gasteiger partial charge in [0.15, 0.2) is 0 Å². The minimum Gasteiger partial charge on any atom is -0.460 e. The molecule has 3 atom stereocenters. The predicted molar refractivity (Wildman–Crippen MR) is 72.3 cm³/mol. The molecule has 1 saturated heterocycles. The highest BCUT2D eigenvalue weighted by Gasteiger charge is 2.46. The first-order chi connectivity index (χ1) is 8.63. The molecule has 1 fully saturated rings. The summed E-state index contributed by atoms with van der Waals surface area (Å²) in [4.78, 5) is 11.5. The van der Waals surface area contributed by atoms with Crippen LogP contribution in [0, 0.1) is 11.8 Å². The molecule has 2 nitrogen and oxygen atoms in total. The first-order valence-electron chi connectivity index (χ1n) is 6.89. The first kappa shape index (κ1) is 13.1. The second kappa shape index (κ2) is 5.55. The van der Waals surface area contributed by atoms with Gasteiger partial charge in [0.25, 0.3) is 0 Å². The smallest absolute Gasteiger partial charge is 0.313 e. The number of benzene rings is 1. The summed E-state index contributed by atoms with van der Waals surface area (Å²) >= 11 is 0. The van der Waals surface area contributed by atoms with E-state index in [-0.39, 0.29) is 18.0 Å². The zero-order chi connectivity index (χ0) is 13.1. The van der Waals surface area contributed by atoms with E-state index in [2.05, 4.69) is 45.0 Å². The van der Waals surface area contributed by atoms with Gasteiger partial charge in [-0.2, -0.15) is 0 Å². The van der Waals surface area contributed by atoms with Crippen molar-refractivity contribution in [2.24, 2.45) is 11.8 Å². The molecular weight excluding hydrogens is 224 g/mol. The van der Waals surface area contributed by atoms with Gasteiger partial charge >= 0.3 is 5.97 Å². The average Bonchev–Trinajstić information content (AvgIpc) is 2.35. The second-order valence-corrected chi connectivity index (χ2v) is 5.56. The van der Waals surface area contributed by atoms with Crippen LogP contribution in [0.2, 0.25) is 0 Å². The number of hydrogen-bond donors (Lipinski definition) is 0. The normalized spacial score (nSPS) is 24.6. The maximum atomic E-state index is 11.5. The summed E-state index contributed by atoms with van der Waals surface area (Å²) < 4.78 is 5.42. The van der Waals surface area contributed by atoms with Gasteiger partial charge in [-0.05, 0) is 24.3 Å². The minimum absolute atomic E-state index is 0.0211. The second-order valence-electron chi connectivity index (χ2n) is 5.56. The zero-order valence-corrected chi connectivity index (χ0v) is 11.4. The lowest BCUT2D eigenvalue weighted by atomic mass is 9.77. The average molecular weight is 246 g/mol. The highest BCUT2D eigenvalue weighted by molar-refractivity contribution is 5.78. The Morgan fingerprint density at radius 2 is 1.89 bits per heavy atom. The third-order valence-corrected chi connectivity index (χ3v) is 3.74. The Kier molecular flexibility index (Phi) is 4.05. The van der Waals surface area contributed by atoms with Crippen LogP contribution in [0.1, 0.15) is 45.1 Å². The van der Waals surface area contributed by atoms with Crippen molar-refractivity contribution in [3.8, 4) is 0 Å². The van der Waals surface area contributed by atoms with Gasteiger partial charge in [0.2, 0.25) is 0 Å². The molecule has 0 aromatic heterocycles. The van der Waals surface area contributed by atoms with Crippen LogP contribution in [-0.2, 0) is 9.53 Å². The van der Waals surface area contributed by atoms with E-state index in [0.29, 0.717) is 11.8 Å². The molecule has 0 aliphatic carbocycles. The maximum Gasteiger partial charge on any atom is 0.313 e. The maximum absolute atomic E-state index is 11.5. The van der Waals surface area contributed by atoms with Gasteiger partial charge < -0.3 is 4.74 Å². The van der Waals surface area contributed by atoms with Gasteiger partial charge in [-0.15, -0.1) is 0 Å². The third kappa shape index (κ3) is 2.58. The van der Waals surface area contributed by atoms with Crippen LogP contribution < -0.4 is 0 Å². The molecule has 1 aliphatic rings. The Morgan fingerprint density at radius 3 is 2.39 bits per heavy atom. The summed E-state index contributed by atoms with van der Waals surface area (Å²) in [7, 11) is 0. The summed E-state index contributed by atoms with van der Waals surface area (Å²) in [5.41, 5.74) is 1.29. The van der Waals surface area contributed by atoms with Crippen molar-refractivity contribution in [3.63, 3.8) is 0 Å². The van der Waals surface area contributed by atoms with Crippen molar-refractivity contribution in [3.05, 3.63) is 35.9 Å². The van der Waals surface area contributed by atoms with Gasteiger partial charge in [0, 0.05) is 5.92 Å². The molecule has 0 unspecified atom stereocenters. The summed E-state index contributed by atoms with van der Waals surface area (Å²) in [6, 6.07) is 10.4. The van der Waals surface area contributed by atoms with E-state index < -0.39 is 0 Å². The first-order valence-corrected chi connectivity index (χ1v) is 6.89. The Balaban J connectivity index is 2.18. The molecule has 1 aromatic carbocycles. The Morgan fingerprint density at radius 1 is 1.22 bits per heavy atom. The lowest BCUT2D eigenvalue weighted by molar-refractivity contribution is -0.188. The molecule has 98 valence electrons. The van der Waals surface area contributed by atoms with Gasteiger partial charge in [-0.25, -0.2) is 0 Å². The molecule has 2 rings (SSSR count). The molecule has 18 heavy (non-hydrogen) atoms. The number of cyclic esters (lactones) is 1. The largest absolute Gasteiger partial charge is 0.460 e. The van der Waals surface area contributed by atoms with Gasteiger partial charge in [-0.1, -0.05) is 51.1 Å². The highest BCUT2D eigenvalue weighted by atomic mass is 16.6. The topological polar surface area (TPSA) is 26.3 Å². The summed E-state index contributed by atoms with van der Waals surface area (Å²) in [5.74, 6) is 1.02. The number of carbonyl (C=O) groups excluding carboxylic acids is 1. The minimum atomic E-state index is -0.0211. The van der Waals surface area contributed by atoms with Crippen LogP contribution in [0.15, 0.2) is 30.3 Å². The fourth-order valence-corrected chi connectivity index (χ4v) is 2.79. The fraction of sp³-hybridized carbons (Fsp3) is 0.562. The van der Waals surface area contributed by atoms with Gasteiger partial charge in [0.05, 0.1) is 5.92 Å². The molecule has 0 bridgehead atoms. The van der Waals surface area contributed by atoms with E-state index in [0.717, 1.165) is 12.8 Å². The van der Waals surface area contributed by atoms with Crippen LogP contribution in [-0.4, -0.2) is 12.1 Å². The summed E-state index contributed by atoms with van der Waals surface area (Å²) in [6.45, 7) is 6.50. The van der Waals surface area contributed by atoms with Crippen LogP contribution in [0.5, 0.6) is 0 Å². The third-order valence-electron chi connectivity index (χ3n) is 3.74. The van der Waals surface area contributed by atoms with Crippen molar-refractivity contribution in [2.45, 2.75) is 45.6 Å². The number of carbonyl (C=O) groups is 1. The molecule has 1 aromatic rings. The van der Waals surface area contributed by atoms with Crippen molar-refractivity contribution < 1.29 is 9.53 Å². The van der Waals surface area contributed by atoms with E-state index in [1.54, 1.807) is 0 Å². The zero-order valence-electron chi connectivity index (χ0n) is 11.4. The molecule has 0 saturated carbocycles. The van der Waals surface area contributed by atoms with Crippen LogP contribution in [0.3, 0.4) is 0 Å². The molecule has 0 amide bonds. The molecule has 0 spiro atoms. The monoisotopic (exact) mass is 246 g/mol. The van der Waals surface area contributed by atoms with Gasteiger partial charge in [0.1, 0.15) is 6.10 Å². The Hall–Kier alpha value is -1.31. The van der Waals surface area contributed by atoms with E-state index in [9.17, 15) is 4.79 Å². The van der Waals surface area contributed by atoms with E-state index in [1.165, 1.54) is 5.56 Å². The molecule has 0 radical (unpaired) electrons. The Labute approximate surface area is 109 Å². The van der Waals surface area contributed by atoms with Crippen LogP contribution in [0.25, 0.3) is 0 Å². The number of hydrogen-bond acceptors (Lipinski definition) is 2. The van der Waals surface area contributed by atoms with Gasteiger partial charge in [-0.3, -0.25) is 4.79 Å². The van der Waals surface area contributed by atoms with Crippen LogP contribution >= 0.6 is 0 Å². The summed E-state index contributed by atoms with van der Waals surface area (Å²) in [6.07, 6.45) is 2.02. The van der Waals surface area contributed by atoms with Crippen molar-refractivity contribution in [1.29, 1.82) is 0 Å². The Bertz CT molecular complexity index is 397. The molecule has 1 aliphatic heterocycles. The van der Waals surface area contributed by atoms with E-state index in [1.807, 2.05) is 6.07 Å². The lowest BCUT2D eigenvalue weighted by Crippen LogP contribution is -2.48. The lowest BCUT2D eigenvalue weighted by Gasteiger charge is -2.40. The SMILES string of the molecule is CC[C@@H]1C(=O)O[C@@H]1[C@H](CC(C)C)c1ccccc1. The quantitative estimate of drug-likeness (QED) is 0.739. The predicted octanol–water partition coefficient (Wildman–Crippen LogP) is 3.77. The number of esters is 1. The molecule has 0 N–H and O–H groups in total. The molecule has 2 heteroatoms. The molecular formula is C16H22O2. The fourth-order valence-electron chi connectivity index (χ4n) is 2.79. The standard InChI is InChI=1S/C16H22O2/c1-4-13-15(18-16(13)17)14(10-11(2)3)12-8-6-5-7-9-12/h5-9,11,13-15H,4,10H2,1-3H3/t13-,14+,15-/m0/s1. The van der Waals surface area contributed by atoms with Crippen molar-refractivity contribution in [2.75, 3.05) is 0 Å². The summed E-state index contributed by atoms with van der Waals surface area (Å²) in [5, 5.41) is 0. The number of ether oxygens (including phenoxy) is 1. The van der Waals surface area contributed by atoms with Crippen molar-refractivity contribution in [1.82, 2.24) is 0 Å². The van der Waals surface area contributed by atoms with Crippen LogP contribution in [0.4, 0.5) is 0 Å². The van der Waals surface area contributed by atoms with E-state index >= 15 is 0 Å². The molecule has 1 heterocycles. The highest BCUT2D eigenvalue weighted by Crippen LogP contribution is 2.39. The number of rotatable bonds is 5.